The van der Waals surface area contributed by atoms with Crippen molar-refractivity contribution in [3.63, 3.8) is 0 Å². The highest BCUT2D eigenvalue weighted by atomic mass is 79.9. The van der Waals surface area contributed by atoms with Crippen LogP contribution < -0.4 is 0 Å². The van der Waals surface area contributed by atoms with Crippen LogP contribution in [0.15, 0.2) is 22.9 Å². The van der Waals surface area contributed by atoms with Crippen LogP contribution in [0.25, 0.3) is 0 Å². The van der Waals surface area contributed by atoms with Crippen LogP contribution in [-0.4, -0.2) is 23.7 Å². The van der Waals surface area contributed by atoms with Crippen molar-refractivity contribution in [1.29, 1.82) is 0 Å². The van der Waals surface area contributed by atoms with Gasteiger partial charge in [0.05, 0.1) is 12.5 Å². The number of esters is 1. The Balaban J connectivity index is 1.77. The predicted molar refractivity (Wildman–Crippen MR) is 65.3 cm³/mol. The van der Waals surface area contributed by atoms with Crippen LogP contribution in [0, 0.1) is 0 Å². The van der Waals surface area contributed by atoms with Gasteiger partial charge in [-0.2, -0.15) is 0 Å². The zero-order valence-corrected chi connectivity index (χ0v) is 11.0. The smallest absolute Gasteiger partial charge is 0.308 e. The monoisotopic (exact) mass is 299 g/mol. The van der Waals surface area contributed by atoms with Crippen molar-refractivity contribution in [2.24, 2.45) is 0 Å². The van der Waals surface area contributed by atoms with Gasteiger partial charge in [-0.3, -0.25) is 4.79 Å². The lowest BCUT2D eigenvalue weighted by molar-refractivity contribution is -0.147. The molecule has 0 aliphatic carbocycles. The fourth-order valence-corrected chi connectivity index (χ4v) is 2.10. The van der Waals surface area contributed by atoms with Crippen LogP contribution in [0.5, 0.6) is 0 Å². The van der Waals surface area contributed by atoms with Crippen molar-refractivity contribution < 1.29 is 14.3 Å². The second-order valence-corrected chi connectivity index (χ2v) is 4.70. The summed E-state index contributed by atoms with van der Waals surface area (Å²) in [5.74, 6) is -0.215. The van der Waals surface area contributed by atoms with E-state index in [-0.39, 0.29) is 18.7 Å². The Hall–Kier alpha value is -0.940. The van der Waals surface area contributed by atoms with Crippen LogP contribution in [-0.2, 0) is 20.9 Å². The van der Waals surface area contributed by atoms with Crippen LogP contribution in [0.3, 0.4) is 0 Å². The fraction of sp³-hybridized carbons (Fsp3) is 0.500. The van der Waals surface area contributed by atoms with E-state index >= 15 is 0 Å². The highest BCUT2D eigenvalue weighted by Gasteiger charge is 2.20. The number of nitrogens with zero attached hydrogens (tertiary/aromatic N) is 1. The van der Waals surface area contributed by atoms with Crippen molar-refractivity contribution in [2.45, 2.75) is 32.0 Å². The van der Waals surface area contributed by atoms with Crippen LogP contribution in [0.2, 0.25) is 0 Å². The van der Waals surface area contributed by atoms with E-state index in [4.69, 9.17) is 9.47 Å². The summed E-state index contributed by atoms with van der Waals surface area (Å²) in [5, 5.41) is 0. The van der Waals surface area contributed by atoms with Crippen molar-refractivity contribution in [2.75, 3.05) is 6.61 Å². The number of halogens is 1. The third-order valence-electron chi connectivity index (χ3n) is 2.64. The zero-order valence-electron chi connectivity index (χ0n) is 9.39. The lowest BCUT2D eigenvalue weighted by Crippen LogP contribution is -2.15. The molecule has 1 saturated heterocycles. The molecule has 1 aromatic heterocycles. The minimum Gasteiger partial charge on any atom is -0.461 e. The molecule has 4 nitrogen and oxygen atoms in total. The number of hydrogen-bond acceptors (Lipinski definition) is 4. The summed E-state index contributed by atoms with van der Waals surface area (Å²) in [6.45, 7) is 1.01. The van der Waals surface area contributed by atoms with Gasteiger partial charge in [-0.15, -0.1) is 0 Å². The third kappa shape index (κ3) is 3.78. The van der Waals surface area contributed by atoms with E-state index in [0.717, 1.165) is 25.0 Å². The quantitative estimate of drug-likeness (QED) is 0.633. The number of ether oxygens (including phenoxy) is 2. The summed E-state index contributed by atoms with van der Waals surface area (Å²) in [4.78, 5) is 15.6. The second kappa shape index (κ2) is 6.12. The van der Waals surface area contributed by atoms with Gasteiger partial charge < -0.3 is 9.47 Å². The van der Waals surface area contributed by atoms with Gasteiger partial charge in [0.25, 0.3) is 0 Å². The minimum atomic E-state index is -0.215. The summed E-state index contributed by atoms with van der Waals surface area (Å²) in [6, 6.07) is 3.68. The van der Waals surface area contributed by atoms with E-state index in [2.05, 4.69) is 20.9 Å². The molecule has 0 unspecified atom stereocenters. The van der Waals surface area contributed by atoms with Gasteiger partial charge in [0.2, 0.25) is 0 Å². The van der Waals surface area contributed by atoms with Crippen molar-refractivity contribution in [3.05, 3.63) is 28.5 Å². The molecular formula is C12H14BrNO3. The molecular weight excluding hydrogens is 286 g/mol. The normalized spacial score (nSPS) is 19.2. The Bertz CT molecular complexity index is 391. The molecule has 0 spiro atoms. The van der Waals surface area contributed by atoms with Crippen molar-refractivity contribution in [3.8, 4) is 0 Å². The van der Waals surface area contributed by atoms with Gasteiger partial charge in [-0.05, 0) is 34.8 Å². The van der Waals surface area contributed by atoms with Gasteiger partial charge >= 0.3 is 5.97 Å². The Morgan fingerprint density at radius 2 is 2.53 bits per heavy atom. The molecule has 1 aromatic rings. The molecule has 2 rings (SSSR count). The molecule has 0 N–H and O–H groups in total. The van der Waals surface area contributed by atoms with Crippen LogP contribution in [0.1, 0.15) is 24.8 Å². The molecule has 1 aliphatic rings. The number of carbonyl (C=O) groups excluding carboxylic acids is 1. The molecule has 0 saturated carbocycles. The largest absolute Gasteiger partial charge is 0.461 e. The van der Waals surface area contributed by atoms with E-state index < -0.39 is 0 Å². The molecule has 92 valence electrons. The Morgan fingerprint density at radius 1 is 1.65 bits per heavy atom. The van der Waals surface area contributed by atoms with Crippen LogP contribution in [0.4, 0.5) is 0 Å². The molecule has 0 amide bonds. The zero-order chi connectivity index (χ0) is 12.1. The summed E-state index contributed by atoms with van der Waals surface area (Å²) in [5.41, 5.74) is 0.869. The maximum atomic E-state index is 11.5. The second-order valence-electron chi connectivity index (χ2n) is 3.95. The van der Waals surface area contributed by atoms with Gasteiger partial charge in [0.1, 0.15) is 11.2 Å². The first-order valence-electron chi connectivity index (χ1n) is 5.62. The number of hydrogen-bond donors (Lipinski definition) is 0. The Kier molecular flexibility index (Phi) is 4.50. The summed E-state index contributed by atoms with van der Waals surface area (Å²) in [7, 11) is 0. The standard InChI is InChI=1S/C12H14BrNO3/c13-12-9(3-1-5-14-12)8-17-11(15)7-10-4-2-6-16-10/h1,3,5,10H,2,4,6-8H2/t10-/m1/s1. The maximum Gasteiger partial charge on any atom is 0.308 e. The highest BCUT2D eigenvalue weighted by Crippen LogP contribution is 2.17. The fourth-order valence-electron chi connectivity index (χ4n) is 1.74. The molecule has 1 atom stereocenters. The SMILES string of the molecule is O=C(C[C@H]1CCCO1)OCc1cccnc1Br. The number of pyridine rings is 1. The van der Waals surface area contributed by atoms with E-state index in [1.165, 1.54) is 0 Å². The molecule has 17 heavy (non-hydrogen) atoms. The molecule has 1 aliphatic heterocycles. The van der Waals surface area contributed by atoms with E-state index in [9.17, 15) is 4.79 Å². The summed E-state index contributed by atoms with van der Waals surface area (Å²) < 4.78 is 11.3. The third-order valence-corrected chi connectivity index (χ3v) is 3.36. The molecule has 2 heterocycles. The average Bonchev–Trinajstić information content (AvgIpc) is 2.81. The van der Waals surface area contributed by atoms with Gasteiger partial charge in [0, 0.05) is 18.4 Å². The average molecular weight is 300 g/mol. The minimum absolute atomic E-state index is 0.0415. The van der Waals surface area contributed by atoms with Gasteiger partial charge in [0.15, 0.2) is 0 Å². The van der Waals surface area contributed by atoms with E-state index in [0.29, 0.717) is 11.0 Å². The van der Waals surface area contributed by atoms with Gasteiger partial charge in [-0.1, -0.05) is 6.07 Å². The molecule has 0 bridgehead atoms. The lowest BCUT2D eigenvalue weighted by atomic mass is 10.2. The molecule has 1 fully saturated rings. The predicted octanol–water partition coefficient (Wildman–Crippen LogP) is 2.46. The summed E-state index contributed by atoms with van der Waals surface area (Å²) >= 11 is 3.31. The van der Waals surface area contributed by atoms with Crippen LogP contribution >= 0.6 is 15.9 Å². The molecule has 5 heteroatoms. The first-order valence-corrected chi connectivity index (χ1v) is 6.41. The Labute approximate surface area is 108 Å². The first-order chi connectivity index (χ1) is 8.25. The molecule has 0 radical (unpaired) electrons. The topological polar surface area (TPSA) is 48.4 Å². The number of carbonyl (C=O) groups is 1. The number of rotatable bonds is 4. The van der Waals surface area contributed by atoms with E-state index in [1.807, 2.05) is 12.1 Å². The van der Waals surface area contributed by atoms with E-state index in [1.54, 1.807) is 6.20 Å². The van der Waals surface area contributed by atoms with Crippen molar-refractivity contribution >= 4 is 21.9 Å². The van der Waals surface area contributed by atoms with Gasteiger partial charge in [-0.25, -0.2) is 4.98 Å². The maximum absolute atomic E-state index is 11.5. The lowest BCUT2D eigenvalue weighted by Gasteiger charge is -2.09. The summed E-state index contributed by atoms with van der Waals surface area (Å²) in [6.07, 6.45) is 4.05. The highest BCUT2D eigenvalue weighted by molar-refractivity contribution is 9.10. The Morgan fingerprint density at radius 3 is 3.24 bits per heavy atom. The number of aromatic nitrogens is 1. The molecule has 0 aromatic carbocycles. The first kappa shape index (κ1) is 12.5. The van der Waals surface area contributed by atoms with Crippen molar-refractivity contribution in [1.82, 2.24) is 4.98 Å².